The molecule has 0 radical (unpaired) electrons. The predicted molar refractivity (Wildman–Crippen MR) is 85.4 cm³/mol. The molecule has 0 N–H and O–H groups in total. The molecule has 1 aromatic rings. The summed E-state index contributed by atoms with van der Waals surface area (Å²) in [4.78, 5) is 13.8. The van der Waals surface area contributed by atoms with E-state index in [1.807, 2.05) is 40.6 Å². The molecule has 5 heteroatoms. The van der Waals surface area contributed by atoms with Gasteiger partial charge in [-0.1, -0.05) is 12.1 Å². The summed E-state index contributed by atoms with van der Waals surface area (Å²) in [7, 11) is 0. The molecule has 0 aromatic heterocycles. The maximum atomic E-state index is 11.9. The Labute approximate surface area is 128 Å². The van der Waals surface area contributed by atoms with Crippen LogP contribution in [0.4, 0.5) is 0 Å². The van der Waals surface area contributed by atoms with Crippen LogP contribution in [-0.2, 0) is 4.79 Å². The minimum atomic E-state index is 0.105. The predicted octanol–water partition coefficient (Wildman–Crippen LogP) is 3.17. The largest absolute Gasteiger partial charge is 0.484 e. The zero-order valence-corrected chi connectivity index (χ0v) is 13.0. The summed E-state index contributed by atoms with van der Waals surface area (Å²) in [5.41, 5.74) is 1.34. The topological polar surface area (TPSA) is 29.5 Å². The fourth-order valence-electron chi connectivity index (χ4n) is 2.47. The molecule has 1 amide bonds. The number of ether oxygens (including phenoxy) is 1. The molecule has 2 aliphatic rings. The van der Waals surface area contributed by atoms with Crippen molar-refractivity contribution in [2.45, 2.75) is 17.4 Å². The van der Waals surface area contributed by atoms with Crippen LogP contribution in [0.1, 0.15) is 23.0 Å². The van der Waals surface area contributed by atoms with E-state index in [0.29, 0.717) is 4.58 Å². The molecule has 2 saturated heterocycles. The highest BCUT2D eigenvalue weighted by Crippen LogP contribution is 2.45. The van der Waals surface area contributed by atoms with Gasteiger partial charge >= 0.3 is 0 Å². The van der Waals surface area contributed by atoms with Crippen molar-refractivity contribution in [2.24, 2.45) is 0 Å². The van der Waals surface area contributed by atoms with Crippen molar-refractivity contribution in [3.63, 3.8) is 0 Å². The molecular formula is C15H19NO2S2. The quantitative estimate of drug-likeness (QED) is 0.854. The van der Waals surface area contributed by atoms with Crippen LogP contribution in [0.25, 0.3) is 0 Å². The minimum absolute atomic E-state index is 0.105. The molecule has 2 fully saturated rings. The Morgan fingerprint density at radius 3 is 2.45 bits per heavy atom. The maximum absolute atomic E-state index is 11.9. The summed E-state index contributed by atoms with van der Waals surface area (Å²) < 4.78 is 6.16. The summed E-state index contributed by atoms with van der Waals surface area (Å²) in [5, 5.41) is 0. The van der Waals surface area contributed by atoms with Crippen LogP contribution in [-0.4, -0.2) is 42.0 Å². The van der Waals surface area contributed by atoms with Crippen LogP contribution in [0.5, 0.6) is 5.75 Å². The van der Waals surface area contributed by atoms with E-state index in [-0.39, 0.29) is 12.5 Å². The third kappa shape index (κ3) is 3.44. The van der Waals surface area contributed by atoms with Gasteiger partial charge in [-0.05, 0) is 30.5 Å². The van der Waals surface area contributed by atoms with Crippen molar-refractivity contribution in [3.05, 3.63) is 29.8 Å². The van der Waals surface area contributed by atoms with Crippen LogP contribution in [0.15, 0.2) is 24.3 Å². The third-order valence-electron chi connectivity index (χ3n) is 3.60. The molecule has 108 valence electrons. The highest BCUT2D eigenvalue weighted by molar-refractivity contribution is 8.19. The van der Waals surface area contributed by atoms with Crippen molar-refractivity contribution < 1.29 is 9.53 Å². The first-order valence-corrected chi connectivity index (χ1v) is 9.16. The molecular weight excluding hydrogens is 290 g/mol. The highest BCUT2D eigenvalue weighted by Gasteiger charge is 2.19. The number of thioether (sulfide) groups is 2. The molecule has 3 nitrogen and oxygen atoms in total. The molecule has 0 aliphatic carbocycles. The zero-order chi connectivity index (χ0) is 13.8. The number of amides is 1. The Bertz CT molecular complexity index is 451. The lowest BCUT2D eigenvalue weighted by molar-refractivity contribution is -0.132. The van der Waals surface area contributed by atoms with Gasteiger partial charge in [0.15, 0.2) is 6.61 Å². The van der Waals surface area contributed by atoms with E-state index < -0.39 is 0 Å². The normalized spacial score (nSPS) is 19.5. The Balaban J connectivity index is 1.51. The first kappa shape index (κ1) is 14.1. The molecule has 2 heterocycles. The Hall–Kier alpha value is -0.810. The van der Waals surface area contributed by atoms with Crippen LogP contribution >= 0.6 is 23.5 Å². The summed E-state index contributed by atoms with van der Waals surface area (Å²) >= 11 is 4.00. The van der Waals surface area contributed by atoms with Gasteiger partial charge in [0, 0.05) is 24.6 Å². The number of nitrogens with zero attached hydrogens (tertiary/aromatic N) is 1. The van der Waals surface area contributed by atoms with Gasteiger partial charge in [0.2, 0.25) is 0 Å². The molecule has 0 unspecified atom stereocenters. The van der Waals surface area contributed by atoms with Gasteiger partial charge in [0.25, 0.3) is 5.91 Å². The number of likely N-dealkylation sites (tertiary alicyclic amines) is 1. The van der Waals surface area contributed by atoms with E-state index in [1.54, 1.807) is 0 Å². The first-order chi connectivity index (χ1) is 9.83. The Morgan fingerprint density at radius 2 is 1.80 bits per heavy atom. The lowest BCUT2D eigenvalue weighted by Gasteiger charge is -2.15. The zero-order valence-electron chi connectivity index (χ0n) is 11.4. The molecule has 0 atom stereocenters. The second kappa shape index (κ2) is 6.76. The van der Waals surface area contributed by atoms with Crippen molar-refractivity contribution in [2.75, 3.05) is 31.2 Å². The van der Waals surface area contributed by atoms with E-state index in [0.717, 1.165) is 31.7 Å². The smallest absolute Gasteiger partial charge is 0.260 e. The van der Waals surface area contributed by atoms with Gasteiger partial charge < -0.3 is 9.64 Å². The summed E-state index contributed by atoms with van der Waals surface area (Å²) in [6.07, 6.45) is 2.24. The van der Waals surface area contributed by atoms with Gasteiger partial charge in [0.05, 0.1) is 4.58 Å². The second-order valence-corrected chi connectivity index (χ2v) is 7.74. The van der Waals surface area contributed by atoms with Crippen LogP contribution in [0, 0.1) is 0 Å². The van der Waals surface area contributed by atoms with Crippen molar-refractivity contribution in [3.8, 4) is 5.75 Å². The van der Waals surface area contributed by atoms with Crippen LogP contribution in [0.2, 0.25) is 0 Å². The molecule has 0 saturated carbocycles. The molecule has 0 spiro atoms. The van der Waals surface area contributed by atoms with E-state index in [4.69, 9.17) is 4.74 Å². The molecule has 20 heavy (non-hydrogen) atoms. The lowest BCUT2D eigenvalue weighted by atomic mass is 10.2. The van der Waals surface area contributed by atoms with Gasteiger partial charge in [-0.2, -0.15) is 0 Å². The summed E-state index contributed by atoms with van der Waals surface area (Å²) in [5.74, 6) is 3.36. The third-order valence-corrected chi connectivity index (χ3v) is 6.70. The van der Waals surface area contributed by atoms with Gasteiger partial charge in [-0.15, -0.1) is 23.5 Å². The van der Waals surface area contributed by atoms with E-state index in [2.05, 4.69) is 12.1 Å². The standard InChI is InChI=1S/C15H19NO2S2/c17-14(16-7-1-2-8-16)11-18-13-5-3-12(4-6-13)15-19-9-10-20-15/h3-6,15H,1-2,7-11H2. The van der Waals surface area contributed by atoms with E-state index in [9.17, 15) is 4.79 Å². The number of carbonyl (C=O) groups excluding carboxylic acids is 1. The van der Waals surface area contributed by atoms with Crippen LogP contribution in [0.3, 0.4) is 0 Å². The lowest BCUT2D eigenvalue weighted by Crippen LogP contribution is -2.32. The monoisotopic (exact) mass is 309 g/mol. The molecule has 0 bridgehead atoms. The maximum Gasteiger partial charge on any atom is 0.260 e. The fourth-order valence-corrected chi connectivity index (χ4v) is 5.33. The average Bonchev–Trinajstić information content (AvgIpc) is 3.18. The van der Waals surface area contributed by atoms with Gasteiger partial charge in [-0.25, -0.2) is 0 Å². The van der Waals surface area contributed by atoms with Crippen molar-refractivity contribution >= 4 is 29.4 Å². The summed E-state index contributed by atoms with van der Waals surface area (Å²) in [6.45, 7) is 1.93. The number of rotatable bonds is 4. The molecule has 3 rings (SSSR count). The van der Waals surface area contributed by atoms with E-state index in [1.165, 1.54) is 17.1 Å². The van der Waals surface area contributed by atoms with E-state index >= 15 is 0 Å². The Kier molecular flexibility index (Phi) is 4.78. The van der Waals surface area contributed by atoms with Gasteiger partial charge in [-0.3, -0.25) is 4.79 Å². The first-order valence-electron chi connectivity index (χ1n) is 7.07. The molecule has 1 aromatic carbocycles. The van der Waals surface area contributed by atoms with Crippen molar-refractivity contribution in [1.82, 2.24) is 4.90 Å². The molecule has 2 aliphatic heterocycles. The summed E-state index contributed by atoms with van der Waals surface area (Å²) in [6, 6.07) is 8.19. The number of hydrogen-bond donors (Lipinski definition) is 0. The average molecular weight is 309 g/mol. The highest BCUT2D eigenvalue weighted by atomic mass is 32.2. The number of benzene rings is 1. The van der Waals surface area contributed by atoms with Gasteiger partial charge in [0.1, 0.15) is 5.75 Å². The second-order valence-electron chi connectivity index (χ2n) is 5.02. The SMILES string of the molecule is O=C(COc1ccc(C2SCCS2)cc1)N1CCCC1. The van der Waals surface area contributed by atoms with Crippen molar-refractivity contribution in [1.29, 1.82) is 0 Å². The fraction of sp³-hybridized carbons (Fsp3) is 0.533. The number of hydrogen-bond acceptors (Lipinski definition) is 4. The van der Waals surface area contributed by atoms with Crippen LogP contribution < -0.4 is 4.74 Å². The number of carbonyl (C=O) groups is 1. The Morgan fingerprint density at radius 1 is 1.15 bits per heavy atom. The minimum Gasteiger partial charge on any atom is -0.484 e.